The summed E-state index contributed by atoms with van der Waals surface area (Å²) in [5.41, 5.74) is 1.99. The van der Waals surface area contributed by atoms with Gasteiger partial charge in [0.05, 0.1) is 34.3 Å². The number of thiazole rings is 1. The predicted octanol–water partition coefficient (Wildman–Crippen LogP) is 4.88. The van der Waals surface area contributed by atoms with Crippen LogP contribution in [0.2, 0.25) is 0 Å². The lowest BCUT2D eigenvalue weighted by molar-refractivity contribution is -0.113. The number of para-hydroxylation sites is 1. The molecule has 0 spiro atoms. The number of aromatic hydroxyl groups is 1. The van der Waals surface area contributed by atoms with E-state index in [2.05, 4.69) is 15.3 Å². The Morgan fingerprint density at radius 2 is 1.76 bits per heavy atom. The maximum atomic E-state index is 13.6. The third-order valence-corrected chi connectivity index (χ3v) is 7.44. The first kappa shape index (κ1) is 24.5. The Bertz CT molecular complexity index is 1580. The number of methoxy groups -OCH3 is 1. The van der Waals surface area contributed by atoms with Gasteiger partial charge in [-0.05, 0) is 42.0 Å². The van der Waals surface area contributed by atoms with Crippen LogP contribution in [0.4, 0.5) is 5.13 Å². The number of hydrogen-bond acceptors (Lipinski definition) is 8. The zero-order chi connectivity index (χ0) is 25.8. The molecule has 10 heteroatoms. The molecule has 0 fully saturated rings. The minimum atomic E-state index is -0.407. The van der Waals surface area contributed by atoms with E-state index in [-0.39, 0.29) is 34.7 Å². The molecule has 0 unspecified atom stereocenters. The third kappa shape index (κ3) is 5.50. The molecule has 1 amide bonds. The van der Waals surface area contributed by atoms with Crippen molar-refractivity contribution >= 4 is 44.4 Å². The fraction of sp³-hybridized carbons (Fsp3) is 0.111. The molecule has 8 nitrogen and oxygen atoms in total. The summed E-state index contributed by atoms with van der Waals surface area (Å²) >= 11 is 2.44. The smallest absolute Gasteiger partial charge is 0.266 e. The molecule has 0 aliphatic carbocycles. The fourth-order valence-electron chi connectivity index (χ4n) is 3.75. The van der Waals surface area contributed by atoms with Crippen molar-refractivity contribution in [1.82, 2.24) is 14.5 Å². The zero-order valence-electron chi connectivity index (χ0n) is 19.7. The number of fused-ring (bicyclic) bond motifs is 1. The van der Waals surface area contributed by atoms with Gasteiger partial charge in [-0.3, -0.25) is 14.2 Å². The standard InChI is InChI=1S/C27H22N4O4S2/c1-35-19-13-11-18(12-14-19)31-25(34)20(15-17-7-3-2-4-8-17)24(33)30-27(31)36-16-23(32)29-26-28-21-9-5-6-10-22(21)37-26/h2-14,33H,15-16H2,1H3,(H,28,29,32). The monoisotopic (exact) mass is 530 g/mol. The van der Waals surface area contributed by atoms with Crippen LogP contribution in [-0.4, -0.2) is 38.4 Å². The minimum Gasteiger partial charge on any atom is -0.497 e. The van der Waals surface area contributed by atoms with Gasteiger partial charge in [-0.25, -0.2) is 4.98 Å². The van der Waals surface area contributed by atoms with E-state index in [1.165, 1.54) is 15.9 Å². The van der Waals surface area contributed by atoms with Gasteiger partial charge in [0.1, 0.15) is 5.75 Å². The van der Waals surface area contributed by atoms with Crippen LogP contribution < -0.4 is 15.6 Å². The minimum absolute atomic E-state index is 0.0318. The highest BCUT2D eigenvalue weighted by Crippen LogP contribution is 2.27. The van der Waals surface area contributed by atoms with Gasteiger partial charge in [0.15, 0.2) is 10.3 Å². The topological polar surface area (TPSA) is 106 Å². The summed E-state index contributed by atoms with van der Waals surface area (Å²) in [7, 11) is 1.56. The number of nitrogens with one attached hydrogen (secondary N) is 1. The average molecular weight is 531 g/mol. The van der Waals surface area contributed by atoms with E-state index in [1.54, 1.807) is 31.4 Å². The van der Waals surface area contributed by atoms with Gasteiger partial charge in [-0.1, -0.05) is 65.6 Å². The van der Waals surface area contributed by atoms with Crippen LogP contribution in [-0.2, 0) is 11.2 Å². The number of carbonyl (C=O) groups is 1. The Morgan fingerprint density at radius 1 is 1.03 bits per heavy atom. The van der Waals surface area contributed by atoms with Crippen molar-refractivity contribution in [1.29, 1.82) is 0 Å². The van der Waals surface area contributed by atoms with E-state index in [4.69, 9.17) is 4.74 Å². The van der Waals surface area contributed by atoms with E-state index in [0.29, 0.717) is 16.6 Å². The summed E-state index contributed by atoms with van der Waals surface area (Å²) in [6.45, 7) is 0. The Labute approximate surface area is 220 Å². The van der Waals surface area contributed by atoms with Crippen LogP contribution in [0, 0.1) is 0 Å². The number of carbonyl (C=O) groups excluding carboxylic acids is 1. The SMILES string of the molecule is COc1ccc(-n2c(SCC(=O)Nc3nc4ccccc4s3)nc(O)c(Cc3ccccc3)c2=O)cc1. The molecule has 0 saturated heterocycles. The number of aromatic nitrogens is 3. The molecule has 0 bridgehead atoms. The van der Waals surface area contributed by atoms with Crippen molar-refractivity contribution in [2.45, 2.75) is 11.6 Å². The maximum absolute atomic E-state index is 13.6. The highest BCUT2D eigenvalue weighted by molar-refractivity contribution is 7.99. The van der Waals surface area contributed by atoms with Crippen LogP contribution in [0.1, 0.15) is 11.1 Å². The molecular formula is C27H22N4O4S2. The Hall–Kier alpha value is -4.15. The van der Waals surface area contributed by atoms with E-state index in [1.807, 2.05) is 54.6 Å². The van der Waals surface area contributed by atoms with Gasteiger partial charge in [-0.15, -0.1) is 0 Å². The highest BCUT2D eigenvalue weighted by Gasteiger charge is 2.20. The van der Waals surface area contributed by atoms with Gasteiger partial charge < -0.3 is 15.2 Å². The summed E-state index contributed by atoms with van der Waals surface area (Å²) in [6.07, 6.45) is 0.220. The van der Waals surface area contributed by atoms with Crippen molar-refractivity contribution < 1.29 is 14.6 Å². The van der Waals surface area contributed by atoms with Crippen molar-refractivity contribution in [2.24, 2.45) is 0 Å². The molecule has 0 radical (unpaired) electrons. The Balaban J connectivity index is 1.44. The molecule has 0 aliphatic rings. The quantitative estimate of drug-likeness (QED) is 0.218. The lowest BCUT2D eigenvalue weighted by atomic mass is 10.1. The summed E-state index contributed by atoms with van der Waals surface area (Å²) in [5.74, 6) is -0.0479. The van der Waals surface area contributed by atoms with Crippen molar-refractivity contribution in [2.75, 3.05) is 18.2 Å². The number of anilines is 1. The van der Waals surface area contributed by atoms with Crippen molar-refractivity contribution in [3.63, 3.8) is 0 Å². The molecule has 5 aromatic rings. The number of thioether (sulfide) groups is 1. The van der Waals surface area contributed by atoms with Gasteiger partial charge in [0.2, 0.25) is 11.8 Å². The van der Waals surface area contributed by atoms with E-state index in [0.717, 1.165) is 27.5 Å². The van der Waals surface area contributed by atoms with Crippen LogP contribution in [0.25, 0.3) is 15.9 Å². The molecule has 186 valence electrons. The second-order valence-corrected chi connectivity index (χ2v) is 9.99. The summed E-state index contributed by atoms with van der Waals surface area (Å²) in [5, 5.41) is 14.2. The van der Waals surface area contributed by atoms with Crippen LogP contribution >= 0.6 is 23.1 Å². The van der Waals surface area contributed by atoms with Gasteiger partial charge in [-0.2, -0.15) is 4.98 Å². The number of benzene rings is 3. The Morgan fingerprint density at radius 3 is 2.49 bits per heavy atom. The number of hydrogen-bond donors (Lipinski definition) is 2. The lowest BCUT2D eigenvalue weighted by Crippen LogP contribution is -2.26. The first-order chi connectivity index (χ1) is 18.0. The molecular weight excluding hydrogens is 508 g/mol. The summed E-state index contributed by atoms with van der Waals surface area (Å²) < 4.78 is 7.62. The van der Waals surface area contributed by atoms with Crippen molar-refractivity contribution in [3.8, 4) is 17.3 Å². The number of ether oxygens (including phenoxy) is 1. The molecule has 3 aromatic carbocycles. The zero-order valence-corrected chi connectivity index (χ0v) is 21.4. The predicted molar refractivity (Wildman–Crippen MR) is 146 cm³/mol. The molecule has 0 aliphatic heterocycles. The van der Waals surface area contributed by atoms with Gasteiger partial charge in [0.25, 0.3) is 5.56 Å². The molecule has 2 aromatic heterocycles. The second kappa shape index (κ2) is 10.9. The van der Waals surface area contributed by atoms with Crippen LogP contribution in [0.15, 0.2) is 88.8 Å². The number of amides is 1. The van der Waals surface area contributed by atoms with E-state index in [9.17, 15) is 14.7 Å². The Kier molecular flexibility index (Phi) is 7.20. The second-order valence-electron chi connectivity index (χ2n) is 8.02. The number of rotatable bonds is 8. The fourth-order valence-corrected chi connectivity index (χ4v) is 5.43. The summed E-state index contributed by atoms with van der Waals surface area (Å²) in [6, 6.07) is 24.0. The van der Waals surface area contributed by atoms with Crippen LogP contribution in [0.3, 0.4) is 0 Å². The molecule has 0 atom stereocenters. The lowest BCUT2D eigenvalue weighted by Gasteiger charge is -2.15. The molecule has 37 heavy (non-hydrogen) atoms. The largest absolute Gasteiger partial charge is 0.497 e. The average Bonchev–Trinajstić information content (AvgIpc) is 3.33. The maximum Gasteiger partial charge on any atom is 0.266 e. The van der Waals surface area contributed by atoms with Gasteiger partial charge >= 0.3 is 0 Å². The van der Waals surface area contributed by atoms with E-state index >= 15 is 0 Å². The highest BCUT2D eigenvalue weighted by atomic mass is 32.2. The molecule has 2 N–H and O–H groups in total. The summed E-state index contributed by atoms with van der Waals surface area (Å²) in [4.78, 5) is 35.1. The molecule has 0 saturated carbocycles. The normalized spacial score (nSPS) is 10.9. The van der Waals surface area contributed by atoms with Gasteiger partial charge in [0, 0.05) is 6.42 Å². The van der Waals surface area contributed by atoms with E-state index < -0.39 is 5.56 Å². The first-order valence-corrected chi connectivity index (χ1v) is 13.1. The molecule has 5 rings (SSSR count). The third-order valence-electron chi connectivity index (χ3n) is 5.55. The van der Waals surface area contributed by atoms with Crippen molar-refractivity contribution in [3.05, 3.63) is 100 Å². The first-order valence-electron chi connectivity index (χ1n) is 11.3. The number of nitrogens with zero attached hydrogens (tertiary/aromatic N) is 3. The van der Waals surface area contributed by atoms with Crippen LogP contribution in [0.5, 0.6) is 11.6 Å². The molecule has 2 heterocycles.